The highest BCUT2D eigenvalue weighted by atomic mass is 35.5. The van der Waals surface area contributed by atoms with E-state index in [2.05, 4.69) is 15.6 Å². The number of amides is 1. The van der Waals surface area contributed by atoms with Gasteiger partial charge < -0.3 is 9.84 Å². The van der Waals surface area contributed by atoms with Crippen LogP contribution in [0.5, 0.6) is 0 Å². The highest BCUT2D eigenvalue weighted by molar-refractivity contribution is 6.30. The molecule has 2 aromatic carbocycles. The van der Waals surface area contributed by atoms with Crippen LogP contribution in [0.25, 0.3) is 10.9 Å². The van der Waals surface area contributed by atoms with Crippen LogP contribution in [0.1, 0.15) is 21.7 Å². The zero-order chi connectivity index (χ0) is 18.6. The second-order valence-electron chi connectivity index (χ2n) is 6.15. The summed E-state index contributed by atoms with van der Waals surface area (Å²) in [6.45, 7) is 1.02. The summed E-state index contributed by atoms with van der Waals surface area (Å²) < 4.78 is 6.63. The molecule has 0 saturated carbocycles. The molecule has 6 nitrogen and oxygen atoms in total. The Kier molecular flexibility index (Phi) is 4.89. The Morgan fingerprint density at radius 3 is 2.70 bits per heavy atom. The normalized spacial score (nSPS) is 11.0. The van der Waals surface area contributed by atoms with Crippen LogP contribution in [0, 0.1) is 0 Å². The summed E-state index contributed by atoms with van der Waals surface area (Å²) in [4.78, 5) is 12.6. The van der Waals surface area contributed by atoms with Crippen LogP contribution in [-0.4, -0.2) is 27.4 Å². The monoisotopic (exact) mass is 380 g/mol. The van der Waals surface area contributed by atoms with Gasteiger partial charge in [-0.1, -0.05) is 47.1 Å². The number of para-hydroxylation sites is 1. The molecule has 0 bridgehead atoms. The molecule has 1 amide bonds. The molecule has 0 atom stereocenters. The molecule has 0 unspecified atom stereocenters. The van der Waals surface area contributed by atoms with Gasteiger partial charge >= 0.3 is 0 Å². The van der Waals surface area contributed by atoms with Gasteiger partial charge in [-0.15, -0.1) is 0 Å². The summed E-state index contributed by atoms with van der Waals surface area (Å²) in [6, 6.07) is 17.1. The maximum atomic E-state index is 12.6. The molecule has 0 aliphatic carbocycles. The van der Waals surface area contributed by atoms with E-state index in [1.165, 1.54) is 6.26 Å². The van der Waals surface area contributed by atoms with Gasteiger partial charge in [-0.25, -0.2) is 0 Å². The van der Waals surface area contributed by atoms with Crippen molar-refractivity contribution in [2.45, 2.75) is 13.0 Å². The summed E-state index contributed by atoms with van der Waals surface area (Å²) in [5, 5.41) is 12.8. The standard InChI is InChI=1S/C20H17ClN4O2/c21-15-7-5-14(6-8-15)13-25-18-4-2-1-3-17(18)19(23-25)20(26)22-11-9-16-10-12-27-24-16/h1-8,10,12H,9,11,13H2,(H,22,26). The lowest BCUT2D eigenvalue weighted by Gasteiger charge is -2.04. The first-order valence-corrected chi connectivity index (χ1v) is 8.96. The number of carbonyl (C=O) groups is 1. The van der Waals surface area contributed by atoms with Crippen molar-refractivity contribution in [3.05, 3.63) is 82.8 Å². The number of halogens is 1. The molecule has 0 aliphatic rings. The molecule has 2 heterocycles. The highest BCUT2D eigenvalue weighted by Gasteiger charge is 2.17. The summed E-state index contributed by atoms with van der Waals surface area (Å²) in [5.74, 6) is -0.204. The average molecular weight is 381 g/mol. The molecule has 0 saturated heterocycles. The maximum absolute atomic E-state index is 12.6. The molecule has 2 aromatic heterocycles. The Balaban J connectivity index is 1.55. The predicted octanol–water partition coefficient (Wildman–Crippen LogP) is 3.70. The fraction of sp³-hybridized carbons (Fsp3) is 0.150. The van der Waals surface area contributed by atoms with Crippen molar-refractivity contribution in [2.75, 3.05) is 6.54 Å². The van der Waals surface area contributed by atoms with E-state index in [0.29, 0.717) is 30.2 Å². The largest absolute Gasteiger partial charge is 0.365 e. The van der Waals surface area contributed by atoms with Gasteiger partial charge in [0.25, 0.3) is 5.91 Å². The first-order valence-electron chi connectivity index (χ1n) is 8.58. The van der Waals surface area contributed by atoms with Crippen LogP contribution in [-0.2, 0) is 13.0 Å². The van der Waals surface area contributed by atoms with Gasteiger partial charge in [0.1, 0.15) is 6.26 Å². The van der Waals surface area contributed by atoms with Crippen LogP contribution in [0.15, 0.2) is 65.4 Å². The van der Waals surface area contributed by atoms with E-state index in [0.717, 1.165) is 22.2 Å². The quantitative estimate of drug-likeness (QED) is 0.553. The SMILES string of the molecule is O=C(NCCc1ccon1)c1nn(Cc2ccc(Cl)cc2)c2ccccc12. The van der Waals surface area contributed by atoms with Crippen molar-refractivity contribution in [3.63, 3.8) is 0 Å². The van der Waals surface area contributed by atoms with Crippen molar-refractivity contribution >= 4 is 28.4 Å². The minimum absolute atomic E-state index is 0.204. The second-order valence-corrected chi connectivity index (χ2v) is 6.58. The molecule has 0 spiro atoms. The third-order valence-corrected chi connectivity index (χ3v) is 4.53. The van der Waals surface area contributed by atoms with Gasteiger partial charge in [0, 0.05) is 29.4 Å². The molecule has 1 N–H and O–H groups in total. The smallest absolute Gasteiger partial charge is 0.272 e. The van der Waals surface area contributed by atoms with Crippen molar-refractivity contribution in [3.8, 4) is 0 Å². The molecular weight excluding hydrogens is 364 g/mol. The molecule has 136 valence electrons. The third-order valence-electron chi connectivity index (χ3n) is 4.28. The van der Waals surface area contributed by atoms with Crippen LogP contribution in [0.2, 0.25) is 5.02 Å². The fourth-order valence-corrected chi connectivity index (χ4v) is 3.06. The molecule has 0 aliphatic heterocycles. The first kappa shape index (κ1) is 17.3. The van der Waals surface area contributed by atoms with Crippen LogP contribution < -0.4 is 5.32 Å². The molecular formula is C20H17ClN4O2. The van der Waals surface area contributed by atoms with Crippen LogP contribution in [0.3, 0.4) is 0 Å². The Labute approximate surface area is 160 Å². The van der Waals surface area contributed by atoms with Crippen molar-refractivity contribution in [1.82, 2.24) is 20.3 Å². The third kappa shape index (κ3) is 3.85. The number of hydrogen-bond donors (Lipinski definition) is 1. The molecule has 4 rings (SSSR count). The number of hydrogen-bond acceptors (Lipinski definition) is 4. The summed E-state index contributed by atoms with van der Waals surface area (Å²) >= 11 is 5.96. The van der Waals surface area contributed by atoms with Crippen LogP contribution in [0.4, 0.5) is 0 Å². The van der Waals surface area contributed by atoms with E-state index in [1.807, 2.05) is 53.2 Å². The number of nitrogens with zero attached hydrogens (tertiary/aromatic N) is 3. The van der Waals surface area contributed by atoms with Gasteiger partial charge in [-0.3, -0.25) is 9.48 Å². The maximum Gasteiger partial charge on any atom is 0.272 e. The van der Waals surface area contributed by atoms with E-state index < -0.39 is 0 Å². The van der Waals surface area contributed by atoms with Crippen molar-refractivity contribution in [1.29, 1.82) is 0 Å². The number of rotatable bonds is 6. The van der Waals surface area contributed by atoms with E-state index in [1.54, 1.807) is 6.07 Å². The van der Waals surface area contributed by atoms with Gasteiger partial charge in [0.05, 0.1) is 17.8 Å². The van der Waals surface area contributed by atoms with E-state index >= 15 is 0 Å². The minimum Gasteiger partial charge on any atom is -0.365 e. The fourth-order valence-electron chi connectivity index (χ4n) is 2.93. The average Bonchev–Trinajstić information content (AvgIpc) is 3.32. The Morgan fingerprint density at radius 2 is 1.93 bits per heavy atom. The Morgan fingerprint density at radius 1 is 1.11 bits per heavy atom. The number of carbonyl (C=O) groups excluding carboxylic acids is 1. The summed E-state index contributed by atoms with van der Waals surface area (Å²) in [7, 11) is 0. The van der Waals surface area contributed by atoms with E-state index in [9.17, 15) is 4.79 Å². The summed E-state index contributed by atoms with van der Waals surface area (Å²) in [6.07, 6.45) is 2.12. The molecule has 7 heteroatoms. The predicted molar refractivity (Wildman–Crippen MR) is 103 cm³/mol. The van der Waals surface area contributed by atoms with Gasteiger partial charge in [0.2, 0.25) is 0 Å². The van der Waals surface area contributed by atoms with E-state index in [4.69, 9.17) is 16.1 Å². The molecule has 27 heavy (non-hydrogen) atoms. The Bertz CT molecular complexity index is 1060. The Hall–Kier alpha value is -3.12. The summed E-state index contributed by atoms with van der Waals surface area (Å²) in [5.41, 5.74) is 3.19. The first-order chi connectivity index (χ1) is 13.2. The number of fused-ring (bicyclic) bond motifs is 1. The molecule has 0 radical (unpaired) electrons. The van der Waals surface area contributed by atoms with Gasteiger partial charge in [-0.05, 0) is 23.8 Å². The van der Waals surface area contributed by atoms with E-state index in [-0.39, 0.29) is 5.91 Å². The lowest BCUT2D eigenvalue weighted by Crippen LogP contribution is -2.26. The second kappa shape index (κ2) is 7.63. The molecule has 4 aromatic rings. The number of aromatic nitrogens is 3. The van der Waals surface area contributed by atoms with Gasteiger partial charge in [-0.2, -0.15) is 5.10 Å². The topological polar surface area (TPSA) is 73.0 Å². The lowest BCUT2D eigenvalue weighted by atomic mass is 10.2. The molecule has 0 fully saturated rings. The highest BCUT2D eigenvalue weighted by Crippen LogP contribution is 2.20. The zero-order valence-corrected chi connectivity index (χ0v) is 15.2. The lowest BCUT2D eigenvalue weighted by molar-refractivity contribution is 0.0949. The zero-order valence-electron chi connectivity index (χ0n) is 14.4. The number of nitrogens with one attached hydrogen (secondary N) is 1. The van der Waals surface area contributed by atoms with Crippen LogP contribution >= 0.6 is 11.6 Å². The van der Waals surface area contributed by atoms with Crippen molar-refractivity contribution < 1.29 is 9.32 Å². The van der Waals surface area contributed by atoms with Gasteiger partial charge in [0.15, 0.2) is 5.69 Å². The number of benzene rings is 2. The van der Waals surface area contributed by atoms with Crippen molar-refractivity contribution in [2.24, 2.45) is 0 Å². The minimum atomic E-state index is -0.204.